The van der Waals surface area contributed by atoms with Crippen LogP contribution in [-0.4, -0.2) is 33.7 Å². The van der Waals surface area contributed by atoms with Gasteiger partial charge in [-0.15, -0.1) is 0 Å². The molecule has 4 nitrogen and oxygen atoms in total. The van der Waals surface area contributed by atoms with Crippen LogP contribution in [0.4, 0.5) is 0 Å². The maximum absolute atomic E-state index is 11.8. The van der Waals surface area contributed by atoms with Crippen molar-refractivity contribution in [3.8, 4) is 0 Å². The van der Waals surface area contributed by atoms with Crippen LogP contribution in [0.25, 0.3) is 0 Å². The number of piperidine rings is 1. The van der Waals surface area contributed by atoms with Crippen molar-refractivity contribution < 1.29 is 4.79 Å². The lowest BCUT2D eigenvalue weighted by Gasteiger charge is -2.33. The molecule has 1 aliphatic heterocycles. The summed E-state index contributed by atoms with van der Waals surface area (Å²) >= 11 is 0. The van der Waals surface area contributed by atoms with Gasteiger partial charge >= 0.3 is 0 Å². The monoisotopic (exact) mass is 235 g/mol. The Morgan fingerprint density at radius 2 is 2.06 bits per heavy atom. The highest BCUT2D eigenvalue weighted by atomic mass is 16.2. The minimum absolute atomic E-state index is 0.110. The lowest BCUT2D eigenvalue weighted by molar-refractivity contribution is -0.135. The minimum Gasteiger partial charge on any atom is -0.342 e. The number of carbonyl (C=O) groups excluding carboxylic acids is 1. The van der Waals surface area contributed by atoms with Crippen molar-refractivity contribution in [3.63, 3.8) is 0 Å². The molecule has 1 aromatic heterocycles. The number of hydrogen-bond donors (Lipinski definition) is 0. The molecule has 1 aromatic rings. The van der Waals surface area contributed by atoms with Gasteiger partial charge in [0.1, 0.15) is 0 Å². The molecule has 94 valence electrons. The first kappa shape index (κ1) is 12.1. The summed E-state index contributed by atoms with van der Waals surface area (Å²) in [4.78, 5) is 13.8. The zero-order valence-corrected chi connectivity index (χ0v) is 10.9. The topological polar surface area (TPSA) is 38.1 Å². The molecule has 0 saturated carbocycles. The second-order valence-electron chi connectivity index (χ2n) is 5.21. The summed E-state index contributed by atoms with van der Waals surface area (Å²) in [5.41, 5.74) is 1.20. The van der Waals surface area contributed by atoms with Crippen LogP contribution < -0.4 is 0 Å². The van der Waals surface area contributed by atoms with E-state index >= 15 is 0 Å². The molecule has 1 saturated heterocycles. The number of hydrogen-bond acceptors (Lipinski definition) is 2. The van der Waals surface area contributed by atoms with Gasteiger partial charge < -0.3 is 4.90 Å². The van der Waals surface area contributed by atoms with Gasteiger partial charge in [-0.3, -0.25) is 9.48 Å². The van der Waals surface area contributed by atoms with Gasteiger partial charge in [-0.05, 0) is 25.3 Å². The molecular formula is C13H21N3O. The Bertz CT molecular complexity index is 389. The Kier molecular flexibility index (Phi) is 3.50. The Morgan fingerprint density at radius 1 is 1.41 bits per heavy atom. The second-order valence-corrected chi connectivity index (χ2v) is 5.21. The van der Waals surface area contributed by atoms with Gasteiger partial charge in [-0.1, -0.05) is 13.8 Å². The average Bonchev–Trinajstić information content (AvgIpc) is 2.75. The van der Waals surface area contributed by atoms with E-state index in [1.807, 2.05) is 29.6 Å². The van der Waals surface area contributed by atoms with E-state index in [2.05, 4.69) is 18.2 Å². The van der Waals surface area contributed by atoms with Crippen molar-refractivity contribution in [2.45, 2.75) is 39.7 Å². The fraction of sp³-hybridized carbons (Fsp3) is 0.692. The number of carbonyl (C=O) groups is 1. The summed E-state index contributed by atoms with van der Waals surface area (Å²) < 4.78 is 2.05. The lowest BCUT2D eigenvalue weighted by atomic mass is 10.0. The van der Waals surface area contributed by atoms with Crippen LogP contribution in [0.1, 0.15) is 38.3 Å². The predicted molar refractivity (Wildman–Crippen MR) is 66.7 cm³/mol. The van der Waals surface area contributed by atoms with Crippen LogP contribution in [0.5, 0.6) is 0 Å². The van der Waals surface area contributed by atoms with Crippen LogP contribution in [0.2, 0.25) is 0 Å². The van der Waals surface area contributed by atoms with Gasteiger partial charge in [-0.2, -0.15) is 5.10 Å². The molecule has 1 fully saturated rings. The first-order chi connectivity index (χ1) is 8.08. The highest BCUT2D eigenvalue weighted by Gasteiger charge is 2.25. The first-order valence-corrected chi connectivity index (χ1v) is 6.37. The number of aromatic nitrogens is 2. The van der Waals surface area contributed by atoms with Gasteiger partial charge in [0.2, 0.25) is 5.91 Å². The summed E-state index contributed by atoms with van der Waals surface area (Å²) in [5.74, 6) is 0.388. The van der Waals surface area contributed by atoms with E-state index in [-0.39, 0.29) is 11.8 Å². The third kappa shape index (κ3) is 2.68. The van der Waals surface area contributed by atoms with Crippen LogP contribution in [0.15, 0.2) is 12.4 Å². The van der Waals surface area contributed by atoms with E-state index < -0.39 is 0 Å². The molecule has 0 spiro atoms. The summed E-state index contributed by atoms with van der Waals surface area (Å²) in [6, 6.07) is 0.458. The SMILES string of the molecule is Cc1cnn(C2CCN(C(=O)C(C)C)CC2)c1. The third-order valence-corrected chi connectivity index (χ3v) is 3.37. The van der Waals surface area contributed by atoms with Gasteiger partial charge in [-0.25, -0.2) is 0 Å². The van der Waals surface area contributed by atoms with E-state index in [4.69, 9.17) is 0 Å². The highest BCUT2D eigenvalue weighted by Crippen LogP contribution is 2.22. The van der Waals surface area contributed by atoms with Crippen molar-refractivity contribution in [1.29, 1.82) is 0 Å². The normalized spacial score (nSPS) is 17.8. The van der Waals surface area contributed by atoms with E-state index in [9.17, 15) is 4.79 Å². The zero-order valence-electron chi connectivity index (χ0n) is 10.9. The number of aryl methyl sites for hydroxylation is 1. The van der Waals surface area contributed by atoms with E-state index in [1.54, 1.807) is 0 Å². The summed E-state index contributed by atoms with van der Waals surface area (Å²) in [6.45, 7) is 7.71. The average molecular weight is 235 g/mol. The van der Waals surface area contributed by atoms with Gasteiger partial charge in [0.05, 0.1) is 12.2 Å². The van der Waals surface area contributed by atoms with Crippen LogP contribution in [0.3, 0.4) is 0 Å². The molecule has 1 aliphatic rings. The van der Waals surface area contributed by atoms with Crippen LogP contribution in [0, 0.1) is 12.8 Å². The molecule has 0 N–H and O–H groups in total. The molecule has 0 unspecified atom stereocenters. The standard InChI is InChI=1S/C13H21N3O/c1-10(2)13(17)15-6-4-12(5-7-15)16-9-11(3)8-14-16/h8-10,12H,4-7H2,1-3H3. The van der Waals surface area contributed by atoms with E-state index in [0.717, 1.165) is 25.9 Å². The molecule has 4 heteroatoms. The Morgan fingerprint density at radius 3 is 2.53 bits per heavy atom. The quantitative estimate of drug-likeness (QED) is 0.786. The lowest BCUT2D eigenvalue weighted by Crippen LogP contribution is -2.41. The maximum Gasteiger partial charge on any atom is 0.225 e. The van der Waals surface area contributed by atoms with Crippen molar-refractivity contribution in [2.75, 3.05) is 13.1 Å². The molecule has 0 radical (unpaired) electrons. The molecule has 17 heavy (non-hydrogen) atoms. The maximum atomic E-state index is 11.8. The fourth-order valence-corrected chi connectivity index (χ4v) is 2.35. The van der Waals surface area contributed by atoms with Crippen molar-refractivity contribution >= 4 is 5.91 Å². The molecule has 0 aromatic carbocycles. The third-order valence-electron chi connectivity index (χ3n) is 3.37. The summed E-state index contributed by atoms with van der Waals surface area (Å²) in [5, 5.41) is 4.36. The van der Waals surface area contributed by atoms with Crippen LogP contribution in [-0.2, 0) is 4.79 Å². The predicted octanol–water partition coefficient (Wildman–Crippen LogP) is 2.01. The second kappa shape index (κ2) is 4.90. The van der Waals surface area contributed by atoms with Gasteiger partial charge in [0.25, 0.3) is 0 Å². The first-order valence-electron chi connectivity index (χ1n) is 6.37. The molecule has 0 aliphatic carbocycles. The molecule has 2 rings (SSSR count). The van der Waals surface area contributed by atoms with Crippen molar-refractivity contribution in [2.24, 2.45) is 5.92 Å². The molecule has 0 bridgehead atoms. The largest absolute Gasteiger partial charge is 0.342 e. The summed E-state index contributed by atoms with van der Waals surface area (Å²) in [7, 11) is 0. The van der Waals surface area contributed by atoms with Gasteiger partial charge in [0.15, 0.2) is 0 Å². The Hall–Kier alpha value is -1.32. The number of rotatable bonds is 2. The fourth-order valence-electron chi connectivity index (χ4n) is 2.35. The number of nitrogens with zero attached hydrogens (tertiary/aromatic N) is 3. The number of amides is 1. The van der Waals surface area contributed by atoms with Crippen LogP contribution >= 0.6 is 0 Å². The van der Waals surface area contributed by atoms with Gasteiger partial charge in [0, 0.05) is 25.2 Å². The summed E-state index contributed by atoms with van der Waals surface area (Å²) in [6.07, 6.45) is 6.01. The molecular weight excluding hydrogens is 214 g/mol. The number of likely N-dealkylation sites (tertiary alicyclic amines) is 1. The van der Waals surface area contributed by atoms with Crippen molar-refractivity contribution in [3.05, 3.63) is 18.0 Å². The smallest absolute Gasteiger partial charge is 0.225 e. The van der Waals surface area contributed by atoms with Crippen molar-refractivity contribution in [1.82, 2.24) is 14.7 Å². The van der Waals surface area contributed by atoms with E-state index in [1.165, 1.54) is 5.56 Å². The molecule has 0 atom stereocenters. The Labute approximate surface area is 103 Å². The zero-order chi connectivity index (χ0) is 12.4. The Balaban J connectivity index is 1.92. The highest BCUT2D eigenvalue weighted by molar-refractivity contribution is 5.78. The molecule has 1 amide bonds. The molecule has 2 heterocycles. The van der Waals surface area contributed by atoms with E-state index in [0.29, 0.717) is 6.04 Å². The minimum atomic E-state index is 0.110.